The summed E-state index contributed by atoms with van der Waals surface area (Å²) in [5.74, 6) is -12.8. The molecule has 0 aliphatic heterocycles. The van der Waals surface area contributed by atoms with E-state index < -0.39 is 53.5 Å². The van der Waals surface area contributed by atoms with E-state index in [0.29, 0.717) is 0 Å². The van der Waals surface area contributed by atoms with Crippen molar-refractivity contribution in [3.05, 3.63) is 0 Å². The first-order valence-electron chi connectivity index (χ1n) is 4.54. The van der Waals surface area contributed by atoms with E-state index in [1.807, 2.05) is 0 Å². The van der Waals surface area contributed by atoms with Crippen LogP contribution in [0.25, 0.3) is 0 Å². The fraction of sp³-hybridized carbons (Fsp3) is 1.00. The predicted molar refractivity (Wildman–Crippen MR) is 45.9 cm³/mol. The van der Waals surface area contributed by atoms with E-state index in [4.69, 9.17) is 0 Å². The molecular weight excluding hydrogens is 336 g/mol. The Morgan fingerprint density at radius 1 is 1.00 bits per heavy atom. The summed E-state index contributed by atoms with van der Waals surface area (Å²) in [4.78, 5) is 0. The van der Waals surface area contributed by atoms with Gasteiger partial charge in [0.1, 0.15) is 6.61 Å². The molecule has 0 spiro atoms. The number of alkyl halides is 7. The van der Waals surface area contributed by atoms with Crippen molar-refractivity contribution < 1.29 is 78.0 Å². The maximum absolute atomic E-state index is 12.6. The number of hydrogen-bond acceptors (Lipinski definition) is 4. The van der Waals surface area contributed by atoms with E-state index in [1.165, 1.54) is 0 Å². The molecule has 0 aromatic rings. The van der Waals surface area contributed by atoms with Crippen LogP contribution < -0.4 is 29.6 Å². The third kappa shape index (κ3) is 6.89. The quantitative estimate of drug-likeness (QED) is 0.251. The van der Waals surface area contributed by atoms with E-state index in [2.05, 4.69) is 4.74 Å². The zero-order valence-electron chi connectivity index (χ0n) is 10.0. The second-order valence-corrected chi connectivity index (χ2v) is 4.97. The average Bonchev–Trinajstić information content (AvgIpc) is 2.12. The molecule has 0 unspecified atom stereocenters. The van der Waals surface area contributed by atoms with Crippen molar-refractivity contribution in [1.82, 2.24) is 0 Å². The zero-order chi connectivity index (χ0) is 15.5. The number of halogens is 7. The Morgan fingerprint density at radius 3 is 1.80 bits per heavy atom. The second-order valence-electron chi connectivity index (χ2n) is 3.44. The molecule has 0 aliphatic carbocycles. The zero-order valence-corrected chi connectivity index (χ0v) is 12.8. The Morgan fingerprint density at radius 2 is 1.45 bits per heavy atom. The van der Waals surface area contributed by atoms with Crippen molar-refractivity contribution in [1.29, 1.82) is 0 Å². The van der Waals surface area contributed by atoms with Gasteiger partial charge in [-0.05, 0) is 6.42 Å². The molecule has 13 heteroatoms. The fourth-order valence-corrected chi connectivity index (χ4v) is 1.31. The summed E-state index contributed by atoms with van der Waals surface area (Å²) in [5.41, 5.74) is 0. The van der Waals surface area contributed by atoms with Crippen LogP contribution in [0.5, 0.6) is 0 Å². The molecule has 0 amide bonds. The number of ether oxygens (including phenoxy) is 1. The standard InChI is InChI=1S/C7H9F7O4S.Na/c8-5(9,6(10,11)7(12,13)14)4-18-2-1-3-19(15,16)17;/h1-4H2,(H,15,16,17);/q;+1/p-1. The van der Waals surface area contributed by atoms with E-state index in [-0.39, 0.29) is 29.6 Å². The van der Waals surface area contributed by atoms with Gasteiger partial charge in [-0.2, -0.15) is 30.7 Å². The summed E-state index contributed by atoms with van der Waals surface area (Å²) in [6.45, 7) is -3.12. The molecule has 0 N–H and O–H groups in total. The van der Waals surface area contributed by atoms with Crippen LogP contribution in [0.4, 0.5) is 30.7 Å². The molecule has 0 bridgehead atoms. The van der Waals surface area contributed by atoms with Gasteiger partial charge in [0.05, 0.1) is 10.1 Å². The molecule has 0 saturated carbocycles. The van der Waals surface area contributed by atoms with Crippen LogP contribution in [0.1, 0.15) is 6.42 Å². The molecule has 0 radical (unpaired) electrons. The SMILES string of the molecule is O=S(=O)([O-])CCCOCC(F)(F)C(F)(F)C(F)(F)F.[Na+]. The maximum atomic E-state index is 12.6. The van der Waals surface area contributed by atoms with Gasteiger partial charge in [-0.3, -0.25) is 0 Å². The molecule has 0 rings (SSSR count). The van der Waals surface area contributed by atoms with Crippen LogP contribution >= 0.6 is 0 Å². The number of hydrogen-bond donors (Lipinski definition) is 0. The van der Waals surface area contributed by atoms with Gasteiger partial charge in [0.15, 0.2) is 0 Å². The third-order valence-corrected chi connectivity index (χ3v) is 2.57. The minimum Gasteiger partial charge on any atom is -0.748 e. The number of rotatable bonds is 7. The van der Waals surface area contributed by atoms with Gasteiger partial charge < -0.3 is 9.29 Å². The first-order valence-corrected chi connectivity index (χ1v) is 6.12. The molecule has 0 aromatic carbocycles. The van der Waals surface area contributed by atoms with Crippen LogP contribution in [0.3, 0.4) is 0 Å². The Hall–Kier alpha value is 0.380. The van der Waals surface area contributed by atoms with Crippen molar-refractivity contribution in [3.63, 3.8) is 0 Å². The van der Waals surface area contributed by atoms with E-state index >= 15 is 0 Å². The van der Waals surface area contributed by atoms with Gasteiger partial charge >= 0.3 is 47.6 Å². The van der Waals surface area contributed by atoms with Gasteiger partial charge in [0.2, 0.25) is 0 Å². The smallest absolute Gasteiger partial charge is 0.748 e. The largest absolute Gasteiger partial charge is 1.00 e. The van der Waals surface area contributed by atoms with Gasteiger partial charge in [-0.15, -0.1) is 0 Å². The molecule has 4 nitrogen and oxygen atoms in total. The van der Waals surface area contributed by atoms with Crippen molar-refractivity contribution in [2.45, 2.75) is 24.4 Å². The molecular formula is C7H8F7NaO4S. The Kier molecular flexibility index (Phi) is 8.59. The first kappa shape index (κ1) is 22.7. The minimum atomic E-state index is -6.45. The van der Waals surface area contributed by atoms with Crippen LogP contribution in [0.2, 0.25) is 0 Å². The van der Waals surface area contributed by atoms with E-state index in [1.54, 1.807) is 0 Å². The summed E-state index contributed by atoms with van der Waals surface area (Å²) in [5, 5.41) is 0. The summed E-state index contributed by atoms with van der Waals surface area (Å²) < 4.78 is 119. The summed E-state index contributed by atoms with van der Waals surface area (Å²) in [7, 11) is -4.64. The van der Waals surface area contributed by atoms with Gasteiger partial charge in [0, 0.05) is 12.4 Å². The van der Waals surface area contributed by atoms with Crippen molar-refractivity contribution in [2.75, 3.05) is 19.0 Å². The summed E-state index contributed by atoms with van der Waals surface area (Å²) in [6, 6.07) is 0. The molecule has 0 atom stereocenters. The Bertz CT molecular complexity index is 394. The first-order chi connectivity index (χ1) is 8.21. The third-order valence-electron chi connectivity index (χ3n) is 1.78. The molecule has 0 aliphatic rings. The molecule has 116 valence electrons. The van der Waals surface area contributed by atoms with Gasteiger partial charge in [-0.1, -0.05) is 0 Å². The molecule has 0 fully saturated rings. The van der Waals surface area contributed by atoms with Crippen molar-refractivity contribution in [2.24, 2.45) is 0 Å². The van der Waals surface area contributed by atoms with E-state index in [9.17, 15) is 43.7 Å². The van der Waals surface area contributed by atoms with Crippen molar-refractivity contribution in [3.8, 4) is 0 Å². The van der Waals surface area contributed by atoms with Crippen molar-refractivity contribution >= 4 is 10.1 Å². The molecule has 20 heavy (non-hydrogen) atoms. The summed E-state index contributed by atoms with van der Waals surface area (Å²) >= 11 is 0. The van der Waals surface area contributed by atoms with Gasteiger partial charge in [0.25, 0.3) is 0 Å². The molecule has 0 aromatic heterocycles. The van der Waals surface area contributed by atoms with Crippen LogP contribution in [-0.2, 0) is 14.9 Å². The summed E-state index contributed by atoms with van der Waals surface area (Å²) in [6.07, 6.45) is -7.04. The predicted octanol–water partition coefficient (Wildman–Crippen LogP) is -1.22. The molecule has 0 saturated heterocycles. The topological polar surface area (TPSA) is 66.4 Å². The molecule has 0 heterocycles. The van der Waals surface area contributed by atoms with Crippen LogP contribution in [0.15, 0.2) is 0 Å². The fourth-order valence-electron chi connectivity index (χ4n) is 0.836. The normalized spacial score (nSPS) is 14.0. The maximum Gasteiger partial charge on any atom is 1.00 e. The second kappa shape index (κ2) is 7.58. The Labute approximate surface area is 131 Å². The van der Waals surface area contributed by atoms with Gasteiger partial charge in [-0.25, -0.2) is 8.42 Å². The monoisotopic (exact) mass is 344 g/mol. The minimum absolute atomic E-state index is 0. The van der Waals surface area contributed by atoms with Crippen LogP contribution in [0, 0.1) is 0 Å². The average molecular weight is 344 g/mol. The van der Waals surface area contributed by atoms with Crippen LogP contribution in [-0.4, -0.2) is 50.0 Å². The Balaban J connectivity index is 0. The van der Waals surface area contributed by atoms with E-state index in [0.717, 1.165) is 0 Å².